The van der Waals surface area contributed by atoms with Crippen molar-refractivity contribution in [3.05, 3.63) is 0 Å². The third-order valence-electron chi connectivity index (χ3n) is 3.79. The Hall–Kier alpha value is -1.26. The molecule has 2 fully saturated rings. The predicted molar refractivity (Wildman–Crippen MR) is 71.7 cm³/mol. The second-order valence-corrected chi connectivity index (χ2v) is 6.52. The quantitative estimate of drug-likeness (QED) is 0.790. The Balaban J connectivity index is 1.79. The van der Waals surface area contributed by atoms with Crippen LogP contribution in [0.3, 0.4) is 0 Å². The maximum Gasteiger partial charge on any atom is 0.410 e. The average molecular weight is 268 g/mol. The Morgan fingerprint density at radius 2 is 1.89 bits per heavy atom. The Labute approximate surface area is 114 Å². The monoisotopic (exact) mass is 268 g/mol. The van der Waals surface area contributed by atoms with Crippen molar-refractivity contribution >= 4 is 12.0 Å². The molecule has 0 bridgehead atoms. The fourth-order valence-corrected chi connectivity index (χ4v) is 2.80. The second kappa shape index (κ2) is 5.39. The highest BCUT2D eigenvalue weighted by Crippen LogP contribution is 2.26. The molecule has 0 aliphatic carbocycles. The summed E-state index contributed by atoms with van der Waals surface area (Å²) in [5.74, 6) is 0.671. The number of nitrogens with one attached hydrogen (secondary N) is 1. The van der Waals surface area contributed by atoms with Gasteiger partial charge in [-0.25, -0.2) is 4.79 Å². The molecule has 2 aliphatic rings. The van der Waals surface area contributed by atoms with E-state index in [1.54, 1.807) is 4.90 Å². The maximum absolute atomic E-state index is 11.9. The highest BCUT2D eigenvalue weighted by molar-refractivity contribution is 5.78. The summed E-state index contributed by atoms with van der Waals surface area (Å²) < 4.78 is 5.37. The first-order valence-corrected chi connectivity index (χ1v) is 7.12. The first kappa shape index (κ1) is 14.2. The summed E-state index contributed by atoms with van der Waals surface area (Å²) >= 11 is 0. The van der Waals surface area contributed by atoms with Gasteiger partial charge in [-0.3, -0.25) is 4.79 Å². The molecule has 19 heavy (non-hydrogen) atoms. The fraction of sp³-hybridized carbons (Fsp3) is 0.857. The van der Waals surface area contributed by atoms with Crippen molar-refractivity contribution in [2.24, 2.45) is 5.92 Å². The minimum absolute atomic E-state index is 0.166. The first-order valence-electron chi connectivity index (χ1n) is 7.12. The molecule has 1 unspecified atom stereocenters. The molecule has 2 saturated heterocycles. The van der Waals surface area contributed by atoms with E-state index in [1.165, 1.54) is 0 Å². The van der Waals surface area contributed by atoms with E-state index in [-0.39, 0.29) is 12.0 Å². The topological polar surface area (TPSA) is 58.6 Å². The van der Waals surface area contributed by atoms with Gasteiger partial charge in [-0.2, -0.15) is 0 Å². The van der Waals surface area contributed by atoms with Gasteiger partial charge >= 0.3 is 6.09 Å². The van der Waals surface area contributed by atoms with Crippen LogP contribution in [0.5, 0.6) is 0 Å². The van der Waals surface area contributed by atoms with Crippen LogP contribution in [0.1, 0.15) is 46.5 Å². The third-order valence-corrected chi connectivity index (χ3v) is 3.79. The summed E-state index contributed by atoms with van der Waals surface area (Å²) in [4.78, 5) is 24.9. The molecule has 0 aromatic heterocycles. The van der Waals surface area contributed by atoms with Gasteiger partial charge in [-0.05, 0) is 46.0 Å². The molecule has 0 saturated carbocycles. The van der Waals surface area contributed by atoms with E-state index >= 15 is 0 Å². The van der Waals surface area contributed by atoms with Gasteiger partial charge in [0.25, 0.3) is 0 Å². The molecule has 1 N–H and O–H groups in total. The molecule has 108 valence electrons. The Morgan fingerprint density at radius 1 is 1.26 bits per heavy atom. The Morgan fingerprint density at radius 3 is 2.37 bits per heavy atom. The molecule has 0 aromatic carbocycles. The van der Waals surface area contributed by atoms with Crippen LogP contribution in [0, 0.1) is 5.92 Å². The molecule has 5 nitrogen and oxygen atoms in total. The third kappa shape index (κ3) is 3.85. The number of hydrogen-bond acceptors (Lipinski definition) is 3. The van der Waals surface area contributed by atoms with E-state index in [2.05, 4.69) is 5.32 Å². The number of hydrogen-bond donors (Lipinski definition) is 1. The van der Waals surface area contributed by atoms with Crippen LogP contribution < -0.4 is 5.32 Å². The number of nitrogens with zero attached hydrogens (tertiary/aromatic N) is 1. The van der Waals surface area contributed by atoms with Crippen LogP contribution in [-0.4, -0.2) is 41.6 Å². The summed E-state index contributed by atoms with van der Waals surface area (Å²) in [6.07, 6.45) is 3.27. The van der Waals surface area contributed by atoms with Gasteiger partial charge in [-0.15, -0.1) is 0 Å². The first-order chi connectivity index (χ1) is 8.85. The largest absolute Gasteiger partial charge is 0.444 e. The second-order valence-electron chi connectivity index (χ2n) is 6.52. The summed E-state index contributed by atoms with van der Waals surface area (Å²) in [5, 5.41) is 3.03. The van der Waals surface area contributed by atoms with Crippen LogP contribution in [0.25, 0.3) is 0 Å². The zero-order valence-electron chi connectivity index (χ0n) is 12.1. The van der Waals surface area contributed by atoms with Crippen molar-refractivity contribution in [3.8, 4) is 0 Å². The molecule has 2 rings (SSSR count). The molecule has 0 radical (unpaired) electrons. The fourth-order valence-electron chi connectivity index (χ4n) is 2.80. The van der Waals surface area contributed by atoms with Crippen molar-refractivity contribution in [1.29, 1.82) is 0 Å². The molecule has 0 spiro atoms. The SMILES string of the molecule is CC(C)(C)OC(=O)N1CCC(C2CCC(=O)N2)CC1. The number of carbonyl (C=O) groups is 2. The maximum atomic E-state index is 11.9. The summed E-state index contributed by atoms with van der Waals surface area (Å²) in [6.45, 7) is 7.10. The molecule has 1 atom stereocenters. The van der Waals surface area contributed by atoms with E-state index in [0.29, 0.717) is 18.4 Å². The minimum Gasteiger partial charge on any atom is -0.444 e. The van der Waals surface area contributed by atoms with Gasteiger partial charge in [-0.1, -0.05) is 0 Å². The zero-order valence-corrected chi connectivity index (χ0v) is 12.1. The van der Waals surface area contributed by atoms with E-state index < -0.39 is 5.60 Å². The normalized spacial score (nSPS) is 25.3. The van der Waals surface area contributed by atoms with Gasteiger partial charge < -0.3 is 15.0 Å². The summed E-state index contributed by atoms with van der Waals surface area (Å²) in [5.41, 5.74) is -0.437. The van der Waals surface area contributed by atoms with E-state index in [0.717, 1.165) is 32.4 Å². The molecule has 5 heteroatoms. The lowest BCUT2D eigenvalue weighted by Gasteiger charge is -2.35. The summed E-state index contributed by atoms with van der Waals surface area (Å²) in [7, 11) is 0. The minimum atomic E-state index is -0.437. The van der Waals surface area contributed by atoms with Gasteiger partial charge in [0, 0.05) is 25.6 Å². The molecular formula is C14H24N2O3. The molecule has 0 aromatic rings. The number of likely N-dealkylation sites (tertiary alicyclic amines) is 1. The standard InChI is InChI=1S/C14H24N2O3/c1-14(2,3)19-13(18)16-8-6-10(7-9-16)11-4-5-12(17)15-11/h10-11H,4-9H2,1-3H3,(H,15,17). The molecular weight excluding hydrogens is 244 g/mol. The number of ether oxygens (including phenoxy) is 1. The van der Waals surface area contributed by atoms with Crippen molar-refractivity contribution in [3.63, 3.8) is 0 Å². The number of amides is 2. The van der Waals surface area contributed by atoms with E-state index in [9.17, 15) is 9.59 Å². The molecule has 2 amide bonds. The van der Waals surface area contributed by atoms with Crippen LogP contribution in [0.15, 0.2) is 0 Å². The highest BCUT2D eigenvalue weighted by Gasteiger charge is 2.33. The van der Waals surface area contributed by atoms with Crippen molar-refractivity contribution < 1.29 is 14.3 Å². The van der Waals surface area contributed by atoms with Gasteiger partial charge in [0.15, 0.2) is 0 Å². The smallest absolute Gasteiger partial charge is 0.410 e. The van der Waals surface area contributed by atoms with Crippen molar-refractivity contribution in [2.45, 2.75) is 58.1 Å². The van der Waals surface area contributed by atoms with Gasteiger partial charge in [0.05, 0.1) is 0 Å². The predicted octanol–water partition coefficient (Wildman–Crippen LogP) is 1.91. The van der Waals surface area contributed by atoms with Gasteiger partial charge in [0.2, 0.25) is 5.91 Å². The van der Waals surface area contributed by atoms with Crippen LogP contribution in [-0.2, 0) is 9.53 Å². The van der Waals surface area contributed by atoms with Crippen LogP contribution in [0.4, 0.5) is 4.79 Å². The number of rotatable bonds is 1. The average Bonchev–Trinajstić information content (AvgIpc) is 2.74. The molecule has 2 aliphatic heterocycles. The Kier molecular flexibility index (Phi) is 4.02. The van der Waals surface area contributed by atoms with E-state index in [1.807, 2.05) is 20.8 Å². The highest BCUT2D eigenvalue weighted by atomic mass is 16.6. The number of carbonyl (C=O) groups excluding carboxylic acids is 2. The number of piperidine rings is 1. The van der Waals surface area contributed by atoms with Crippen molar-refractivity contribution in [1.82, 2.24) is 10.2 Å². The lowest BCUT2D eigenvalue weighted by Crippen LogP contribution is -2.45. The van der Waals surface area contributed by atoms with Crippen LogP contribution >= 0.6 is 0 Å². The zero-order chi connectivity index (χ0) is 14.0. The van der Waals surface area contributed by atoms with E-state index in [4.69, 9.17) is 4.74 Å². The molecule has 2 heterocycles. The summed E-state index contributed by atoms with van der Waals surface area (Å²) in [6, 6.07) is 0.313. The lowest BCUT2D eigenvalue weighted by molar-refractivity contribution is -0.119. The Bertz CT molecular complexity index is 354. The van der Waals surface area contributed by atoms with Crippen molar-refractivity contribution in [2.75, 3.05) is 13.1 Å². The van der Waals surface area contributed by atoms with Gasteiger partial charge in [0.1, 0.15) is 5.60 Å². The lowest BCUT2D eigenvalue weighted by atomic mass is 9.89. The van der Waals surface area contributed by atoms with Crippen LogP contribution in [0.2, 0.25) is 0 Å².